The van der Waals surface area contributed by atoms with Gasteiger partial charge in [0, 0.05) is 0 Å². The second-order valence-electron chi connectivity index (χ2n) is 5.42. The van der Waals surface area contributed by atoms with Gasteiger partial charge in [-0.1, -0.05) is 32.8 Å². The van der Waals surface area contributed by atoms with Gasteiger partial charge in [0.2, 0.25) is 0 Å². The third kappa shape index (κ3) is 5.84. The molecule has 0 fully saturated rings. The first-order valence-corrected chi connectivity index (χ1v) is 7.86. The van der Waals surface area contributed by atoms with Crippen LogP contribution in [0.4, 0.5) is 0 Å². The van der Waals surface area contributed by atoms with Crippen LogP contribution in [0, 0.1) is 0 Å². The van der Waals surface area contributed by atoms with E-state index in [1.54, 1.807) is 6.07 Å². The minimum Gasteiger partial charge on any atom is -0.458 e. The van der Waals surface area contributed by atoms with Crippen LogP contribution in [0.3, 0.4) is 0 Å². The van der Waals surface area contributed by atoms with Crippen molar-refractivity contribution < 1.29 is 19.1 Å². The van der Waals surface area contributed by atoms with E-state index in [0.29, 0.717) is 0 Å². The zero-order chi connectivity index (χ0) is 16.5. The first-order chi connectivity index (χ1) is 10.5. The summed E-state index contributed by atoms with van der Waals surface area (Å²) in [4.78, 5) is 28.0. The van der Waals surface area contributed by atoms with E-state index in [1.807, 2.05) is 27.7 Å². The highest BCUT2D eigenvalue weighted by Crippen LogP contribution is 2.09. The van der Waals surface area contributed by atoms with E-state index < -0.39 is 11.9 Å². The summed E-state index contributed by atoms with van der Waals surface area (Å²) in [6.07, 6.45) is 3.12. The smallest absolute Gasteiger partial charge is 0.357 e. The fraction of sp³-hybridized carbons (Fsp3) is 0.588. The Balaban J connectivity index is 2.72. The van der Waals surface area contributed by atoms with Gasteiger partial charge in [0.25, 0.3) is 0 Å². The van der Waals surface area contributed by atoms with Crippen LogP contribution in [0.15, 0.2) is 18.2 Å². The number of ether oxygens (including phenoxy) is 2. The van der Waals surface area contributed by atoms with Crippen molar-refractivity contribution in [2.75, 3.05) is 0 Å². The van der Waals surface area contributed by atoms with Crippen LogP contribution in [0.2, 0.25) is 0 Å². The lowest BCUT2D eigenvalue weighted by Gasteiger charge is -2.13. The number of esters is 2. The number of carbonyl (C=O) groups excluding carboxylic acids is 2. The fourth-order valence-corrected chi connectivity index (χ4v) is 2.08. The predicted octanol–water partition coefficient (Wildman–Crippen LogP) is 3.77. The average Bonchev–Trinajstić information content (AvgIpc) is 2.47. The van der Waals surface area contributed by atoms with Crippen LogP contribution in [0.1, 0.15) is 74.4 Å². The number of aromatic nitrogens is 1. The molecule has 5 heteroatoms. The number of pyridine rings is 1. The van der Waals surface area contributed by atoms with E-state index >= 15 is 0 Å². The molecule has 0 aliphatic carbocycles. The molecule has 0 saturated carbocycles. The van der Waals surface area contributed by atoms with Crippen molar-refractivity contribution in [1.82, 2.24) is 4.98 Å². The van der Waals surface area contributed by atoms with E-state index in [-0.39, 0.29) is 23.6 Å². The van der Waals surface area contributed by atoms with Crippen molar-refractivity contribution in [3.05, 3.63) is 29.6 Å². The molecule has 2 unspecified atom stereocenters. The Hall–Kier alpha value is -1.91. The van der Waals surface area contributed by atoms with Crippen LogP contribution >= 0.6 is 0 Å². The molecule has 0 N–H and O–H groups in total. The van der Waals surface area contributed by atoms with Gasteiger partial charge in [-0.05, 0) is 38.8 Å². The molecular formula is C17H25NO4. The monoisotopic (exact) mass is 307 g/mol. The summed E-state index contributed by atoms with van der Waals surface area (Å²) in [5, 5.41) is 0. The van der Waals surface area contributed by atoms with Gasteiger partial charge in [-0.25, -0.2) is 14.6 Å². The maximum absolute atomic E-state index is 12.0. The second-order valence-corrected chi connectivity index (χ2v) is 5.42. The Morgan fingerprint density at radius 1 is 0.955 bits per heavy atom. The topological polar surface area (TPSA) is 65.5 Å². The molecule has 0 radical (unpaired) electrons. The lowest BCUT2D eigenvalue weighted by atomic mass is 10.2. The molecule has 0 aliphatic rings. The van der Waals surface area contributed by atoms with Gasteiger partial charge in [-0.2, -0.15) is 0 Å². The number of hydrogen-bond acceptors (Lipinski definition) is 5. The standard InChI is InChI=1S/C17H25NO4/c1-5-8-12(3)21-16(19)14-10-7-11-15(18-14)17(20)22-13(4)9-6-2/h7,10-13H,5-6,8-9H2,1-4H3. The Kier molecular flexibility index (Phi) is 7.57. The molecule has 1 aromatic rings. The van der Waals surface area contributed by atoms with Gasteiger partial charge < -0.3 is 9.47 Å². The third-order valence-electron chi connectivity index (χ3n) is 3.17. The number of carbonyl (C=O) groups is 2. The Morgan fingerprint density at radius 3 is 1.73 bits per heavy atom. The molecule has 122 valence electrons. The predicted molar refractivity (Wildman–Crippen MR) is 83.8 cm³/mol. The number of rotatable bonds is 8. The Morgan fingerprint density at radius 2 is 1.36 bits per heavy atom. The Bertz CT molecular complexity index is 460. The van der Waals surface area contributed by atoms with Crippen molar-refractivity contribution >= 4 is 11.9 Å². The minimum atomic E-state index is -0.516. The zero-order valence-corrected chi connectivity index (χ0v) is 13.8. The highest BCUT2D eigenvalue weighted by molar-refractivity contribution is 5.91. The summed E-state index contributed by atoms with van der Waals surface area (Å²) >= 11 is 0. The molecule has 0 aliphatic heterocycles. The zero-order valence-electron chi connectivity index (χ0n) is 13.8. The molecule has 0 saturated heterocycles. The first-order valence-electron chi connectivity index (χ1n) is 7.86. The van der Waals surface area contributed by atoms with Crippen LogP contribution < -0.4 is 0 Å². The van der Waals surface area contributed by atoms with Gasteiger partial charge in [0.05, 0.1) is 12.2 Å². The van der Waals surface area contributed by atoms with Gasteiger partial charge >= 0.3 is 11.9 Å². The van der Waals surface area contributed by atoms with Crippen LogP contribution in [-0.4, -0.2) is 29.1 Å². The van der Waals surface area contributed by atoms with Crippen LogP contribution in [0.25, 0.3) is 0 Å². The van der Waals surface area contributed by atoms with Gasteiger partial charge in [0.15, 0.2) is 0 Å². The van der Waals surface area contributed by atoms with Crippen molar-refractivity contribution in [3.63, 3.8) is 0 Å². The van der Waals surface area contributed by atoms with Gasteiger partial charge in [-0.3, -0.25) is 0 Å². The summed E-state index contributed by atoms with van der Waals surface area (Å²) in [7, 11) is 0. The fourth-order valence-electron chi connectivity index (χ4n) is 2.08. The summed E-state index contributed by atoms with van der Waals surface area (Å²) < 4.78 is 10.6. The largest absolute Gasteiger partial charge is 0.458 e. The first kappa shape index (κ1) is 18.1. The quantitative estimate of drug-likeness (QED) is 0.684. The van der Waals surface area contributed by atoms with E-state index in [0.717, 1.165) is 25.7 Å². The highest BCUT2D eigenvalue weighted by atomic mass is 16.5. The van der Waals surface area contributed by atoms with E-state index in [2.05, 4.69) is 4.98 Å². The number of nitrogens with zero attached hydrogens (tertiary/aromatic N) is 1. The van der Waals surface area contributed by atoms with E-state index in [1.165, 1.54) is 12.1 Å². The minimum absolute atomic E-state index is 0.126. The molecule has 0 aromatic carbocycles. The van der Waals surface area contributed by atoms with Crippen molar-refractivity contribution in [2.45, 2.75) is 65.6 Å². The summed E-state index contributed by atoms with van der Waals surface area (Å²) in [6, 6.07) is 4.68. The highest BCUT2D eigenvalue weighted by Gasteiger charge is 2.17. The number of hydrogen-bond donors (Lipinski definition) is 0. The summed E-state index contributed by atoms with van der Waals surface area (Å²) in [5.74, 6) is -1.03. The molecule has 0 amide bonds. The van der Waals surface area contributed by atoms with Crippen molar-refractivity contribution in [2.24, 2.45) is 0 Å². The maximum Gasteiger partial charge on any atom is 0.357 e. The molecule has 1 aromatic heterocycles. The molecule has 2 atom stereocenters. The van der Waals surface area contributed by atoms with Crippen molar-refractivity contribution in [1.29, 1.82) is 0 Å². The van der Waals surface area contributed by atoms with Crippen LogP contribution in [-0.2, 0) is 9.47 Å². The molecule has 1 rings (SSSR count). The summed E-state index contributed by atoms with van der Waals surface area (Å²) in [6.45, 7) is 7.73. The third-order valence-corrected chi connectivity index (χ3v) is 3.17. The van der Waals surface area contributed by atoms with E-state index in [4.69, 9.17) is 9.47 Å². The molecule has 1 heterocycles. The maximum atomic E-state index is 12.0. The van der Waals surface area contributed by atoms with Crippen LogP contribution in [0.5, 0.6) is 0 Å². The Labute approximate surface area is 132 Å². The SMILES string of the molecule is CCCC(C)OC(=O)c1cccc(C(=O)OC(C)CCC)n1. The molecule has 0 bridgehead atoms. The lowest BCUT2D eigenvalue weighted by molar-refractivity contribution is 0.0309. The molecule has 5 nitrogen and oxygen atoms in total. The summed E-state index contributed by atoms with van der Waals surface area (Å²) in [5.41, 5.74) is 0.251. The molecule has 22 heavy (non-hydrogen) atoms. The normalized spacial score (nSPS) is 13.3. The lowest BCUT2D eigenvalue weighted by Crippen LogP contribution is -2.19. The van der Waals surface area contributed by atoms with Gasteiger partial charge in [0.1, 0.15) is 11.4 Å². The molecule has 0 spiro atoms. The van der Waals surface area contributed by atoms with Crippen molar-refractivity contribution in [3.8, 4) is 0 Å². The molecular weight excluding hydrogens is 282 g/mol. The van der Waals surface area contributed by atoms with E-state index in [9.17, 15) is 9.59 Å². The second kappa shape index (κ2) is 9.18. The average molecular weight is 307 g/mol. The van der Waals surface area contributed by atoms with Gasteiger partial charge in [-0.15, -0.1) is 0 Å².